The van der Waals surface area contributed by atoms with E-state index in [1.807, 2.05) is 19.1 Å². The van der Waals surface area contributed by atoms with Crippen LogP contribution in [0.3, 0.4) is 0 Å². The van der Waals surface area contributed by atoms with Crippen molar-refractivity contribution in [2.24, 2.45) is 5.73 Å². The first kappa shape index (κ1) is 9.16. The van der Waals surface area contributed by atoms with Gasteiger partial charge in [-0.3, -0.25) is 4.98 Å². The molecule has 1 aromatic heterocycles. The fourth-order valence-electron chi connectivity index (χ4n) is 1.02. The van der Waals surface area contributed by atoms with Gasteiger partial charge in [0.25, 0.3) is 0 Å². The Morgan fingerprint density at radius 3 is 2.58 bits per heavy atom. The predicted molar refractivity (Wildman–Crippen MR) is 47.6 cm³/mol. The van der Waals surface area contributed by atoms with Crippen molar-refractivity contribution in [3.8, 4) is 0 Å². The number of aliphatic hydroxyl groups excluding tert-OH is 1. The first-order chi connectivity index (χ1) is 5.64. The number of hydrogen-bond donors (Lipinski definition) is 2. The van der Waals surface area contributed by atoms with E-state index in [0.717, 1.165) is 5.56 Å². The maximum absolute atomic E-state index is 8.91. The van der Waals surface area contributed by atoms with E-state index in [0.29, 0.717) is 6.42 Å². The van der Waals surface area contributed by atoms with E-state index in [1.54, 1.807) is 12.4 Å². The van der Waals surface area contributed by atoms with E-state index in [2.05, 4.69) is 4.98 Å². The summed E-state index contributed by atoms with van der Waals surface area (Å²) < 4.78 is 0. The number of hydrogen-bond acceptors (Lipinski definition) is 3. The molecule has 3 N–H and O–H groups in total. The summed E-state index contributed by atoms with van der Waals surface area (Å²) in [5, 5.41) is 8.91. The van der Waals surface area contributed by atoms with Gasteiger partial charge in [-0.1, -0.05) is 0 Å². The van der Waals surface area contributed by atoms with Gasteiger partial charge in [-0.25, -0.2) is 0 Å². The van der Waals surface area contributed by atoms with Crippen LogP contribution >= 0.6 is 0 Å². The van der Waals surface area contributed by atoms with Crippen LogP contribution in [0.5, 0.6) is 0 Å². The second-order valence-corrected chi connectivity index (χ2v) is 3.34. The zero-order valence-corrected chi connectivity index (χ0v) is 7.20. The molecule has 0 spiro atoms. The molecular weight excluding hydrogens is 152 g/mol. The van der Waals surface area contributed by atoms with Gasteiger partial charge in [0.15, 0.2) is 0 Å². The lowest BCUT2D eigenvalue weighted by Gasteiger charge is -2.21. The Morgan fingerprint density at radius 1 is 1.50 bits per heavy atom. The van der Waals surface area contributed by atoms with Crippen molar-refractivity contribution in [3.05, 3.63) is 30.1 Å². The van der Waals surface area contributed by atoms with Crippen LogP contribution in [0.1, 0.15) is 12.5 Å². The molecule has 12 heavy (non-hydrogen) atoms. The van der Waals surface area contributed by atoms with E-state index in [4.69, 9.17) is 10.8 Å². The van der Waals surface area contributed by atoms with Gasteiger partial charge < -0.3 is 10.8 Å². The molecule has 0 saturated carbocycles. The van der Waals surface area contributed by atoms with Crippen LogP contribution in [-0.4, -0.2) is 22.2 Å². The summed E-state index contributed by atoms with van der Waals surface area (Å²) in [6, 6.07) is 3.81. The lowest BCUT2D eigenvalue weighted by molar-refractivity contribution is 0.208. The molecular formula is C9H14N2O. The van der Waals surface area contributed by atoms with Crippen molar-refractivity contribution in [2.75, 3.05) is 6.61 Å². The average molecular weight is 166 g/mol. The van der Waals surface area contributed by atoms with Crippen molar-refractivity contribution in [1.29, 1.82) is 0 Å². The van der Waals surface area contributed by atoms with Gasteiger partial charge in [0, 0.05) is 17.9 Å². The second-order valence-electron chi connectivity index (χ2n) is 3.34. The molecule has 3 nitrogen and oxygen atoms in total. The van der Waals surface area contributed by atoms with Crippen LogP contribution in [0.2, 0.25) is 0 Å². The molecule has 3 heteroatoms. The summed E-state index contributed by atoms with van der Waals surface area (Å²) >= 11 is 0. The lowest BCUT2D eigenvalue weighted by Crippen LogP contribution is -2.42. The van der Waals surface area contributed by atoms with E-state index < -0.39 is 5.54 Å². The van der Waals surface area contributed by atoms with E-state index >= 15 is 0 Å². The van der Waals surface area contributed by atoms with Crippen LogP contribution < -0.4 is 5.73 Å². The Hall–Kier alpha value is -0.930. The topological polar surface area (TPSA) is 59.1 Å². The first-order valence-electron chi connectivity index (χ1n) is 3.93. The molecule has 0 aliphatic rings. The number of nitrogens with two attached hydrogens (primary N) is 1. The summed E-state index contributed by atoms with van der Waals surface area (Å²) in [6.45, 7) is 1.82. The number of nitrogens with zero attached hydrogens (tertiary/aromatic N) is 1. The summed E-state index contributed by atoms with van der Waals surface area (Å²) in [4.78, 5) is 3.90. The van der Waals surface area contributed by atoms with Crippen molar-refractivity contribution in [1.82, 2.24) is 4.98 Å². The zero-order chi connectivity index (χ0) is 9.03. The second kappa shape index (κ2) is 3.65. The molecule has 1 atom stereocenters. The van der Waals surface area contributed by atoms with Crippen molar-refractivity contribution in [2.45, 2.75) is 18.9 Å². The summed E-state index contributed by atoms with van der Waals surface area (Å²) in [5.41, 5.74) is 6.35. The minimum Gasteiger partial charge on any atom is -0.394 e. The number of aliphatic hydroxyl groups is 1. The molecule has 66 valence electrons. The van der Waals surface area contributed by atoms with Gasteiger partial charge in [0.05, 0.1) is 6.61 Å². The molecule has 0 aromatic carbocycles. The van der Waals surface area contributed by atoms with Crippen molar-refractivity contribution < 1.29 is 5.11 Å². The van der Waals surface area contributed by atoms with Crippen LogP contribution in [0.15, 0.2) is 24.5 Å². The van der Waals surface area contributed by atoms with Crippen LogP contribution in [0.4, 0.5) is 0 Å². The summed E-state index contributed by atoms with van der Waals surface area (Å²) in [6.07, 6.45) is 4.12. The third kappa shape index (κ3) is 2.60. The first-order valence-corrected chi connectivity index (χ1v) is 3.93. The van der Waals surface area contributed by atoms with Gasteiger partial charge in [0.1, 0.15) is 0 Å². The lowest BCUT2D eigenvalue weighted by atomic mass is 9.96. The Balaban J connectivity index is 2.64. The highest BCUT2D eigenvalue weighted by Gasteiger charge is 2.16. The Morgan fingerprint density at radius 2 is 2.08 bits per heavy atom. The molecule has 1 aromatic rings. The molecule has 0 amide bonds. The number of pyridine rings is 1. The normalized spacial score (nSPS) is 15.6. The maximum Gasteiger partial charge on any atom is 0.0611 e. The van der Waals surface area contributed by atoms with Gasteiger partial charge >= 0.3 is 0 Å². The van der Waals surface area contributed by atoms with Crippen molar-refractivity contribution >= 4 is 0 Å². The average Bonchev–Trinajstić information content (AvgIpc) is 2.06. The van der Waals surface area contributed by atoms with Crippen molar-refractivity contribution in [3.63, 3.8) is 0 Å². The van der Waals surface area contributed by atoms with E-state index in [-0.39, 0.29) is 6.61 Å². The van der Waals surface area contributed by atoms with Gasteiger partial charge in [-0.15, -0.1) is 0 Å². The highest BCUT2D eigenvalue weighted by Crippen LogP contribution is 2.08. The molecule has 0 aliphatic carbocycles. The molecule has 0 bridgehead atoms. The van der Waals surface area contributed by atoms with Crippen LogP contribution in [0.25, 0.3) is 0 Å². The molecule has 1 heterocycles. The standard InChI is InChI=1S/C9H14N2O/c1-9(10,7-12)6-8-2-4-11-5-3-8/h2-5,12H,6-7,10H2,1H3. The highest BCUT2D eigenvalue weighted by molar-refractivity contribution is 5.13. The molecule has 0 radical (unpaired) electrons. The molecule has 1 rings (SSSR count). The monoisotopic (exact) mass is 166 g/mol. The van der Waals surface area contributed by atoms with Crippen LogP contribution in [0, 0.1) is 0 Å². The number of aromatic nitrogens is 1. The van der Waals surface area contributed by atoms with Crippen LogP contribution in [-0.2, 0) is 6.42 Å². The summed E-state index contributed by atoms with van der Waals surface area (Å²) in [7, 11) is 0. The summed E-state index contributed by atoms with van der Waals surface area (Å²) in [5.74, 6) is 0. The predicted octanol–water partition coefficient (Wildman–Crippen LogP) is 0.334. The molecule has 0 aliphatic heterocycles. The SMILES string of the molecule is CC(N)(CO)Cc1ccncc1. The number of rotatable bonds is 3. The largest absolute Gasteiger partial charge is 0.394 e. The third-order valence-electron chi connectivity index (χ3n) is 1.72. The minimum absolute atomic E-state index is 0.00464. The van der Waals surface area contributed by atoms with E-state index in [9.17, 15) is 0 Å². The Bertz CT molecular complexity index is 234. The molecule has 0 fully saturated rings. The smallest absolute Gasteiger partial charge is 0.0611 e. The fraction of sp³-hybridized carbons (Fsp3) is 0.444. The van der Waals surface area contributed by atoms with Gasteiger partial charge in [-0.2, -0.15) is 0 Å². The minimum atomic E-state index is -0.526. The fourth-order valence-corrected chi connectivity index (χ4v) is 1.02. The highest BCUT2D eigenvalue weighted by atomic mass is 16.3. The molecule has 1 unspecified atom stereocenters. The third-order valence-corrected chi connectivity index (χ3v) is 1.72. The Kier molecular flexibility index (Phi) is 2.78. The van der Waals surface area contributed by atoms with Gasteiger partial charge in [0.2, 0.25) is 0 Å². The maximum atomic E-state index is 8.91. The molecule has 0 saturated heterocycles. The zero-order valence-electron chi connectivity index (χ0n) is 7.20. The quantitative estimate of drug-likeness (QED) is 0.680. The van der Waals surface area contributed by atoms with E-state index in [1.165, 1.54) is 0 Å². The van der Waals surface area contributed by atoms with Gasteiger partial charge in [-0.05, 0) is 31.0 Å². The Labute approximate surface area is 72.2 Å².